The normalized spacial score (nSPS) is 11.4. The van der Waals surface area contributed by atoms with E-state index in [4.69, 9.17) is 9.47 Å². The zero-order valence-corrected chi connectivity index (χ0v) is 22.5. The van der Waals surface area contributed by atoms with Crippen LogP contribution in [-0.4, -0.2) is 32.0 Å². The van der Waals surface area contributed by atoms with E-state index in [1.807, 2.05) is 18.2 Å². The van der Waals surface area contributed by atoms with Crippen molar-refractivity contribution < 1.29 is 23.9 Å². The number of esters is 1. The quantitative estimate of drug-likeness (QED) is 0.143. The topological polar surface area (TPSA) is 93.7 Å². The maximum atomic E-state index is 12.9. The maximum absolute atomic E-state index is 12.9. The average molecular weight is 511 g/mol. The van der Waals surface area contributed by atoms with Crippen molar-refractivity contribution in [1.29, 1.82) is 0 Å². The van der Waals surface area contributed by atoms with E-state index in [-0.39, 0.29) is 12.3 Å². The third kappa shape index (κ3) is 11.1. The molecule has 2 rings (SSSR count). The number of amides is 2. The molecule has 0 aliphatic heterocycles. The highest BCUT2D eigenvalue weighted by Crippen LogP contribution is 2.23. The number of carbonyl (C=O) groups excluding carboxylic acids is 3. The molecule has 0 radical (unpaired) electrons. The molecule has 2 aromatic rings. The lowest BCUT2D eigenvalue weighted by molar-refractivity contribution is -0.148. The Morgan fingerprint density at radius 2 is 1.32 bits per heavy atom. The predicted molar refractivity (Wildman–Crippen MR) is 148 cm³/mol. The minimum Gasteiger partial charge on any atom is -0.496 e. The van der Waals surface area contributed by atoms with Crippen molar-refractivity contribution in [2.45, 2.75) is 77.6 Å². The summed E-state index contributed by atoms with van der Waals surface area (Å²) in [6.45, 7) is 2.23. The molecule has 7 nitrogen and oxygen atoms in total. The van der Waals surface area contributed by atoms with Crippen LogP contribution in [0.4, 0.5) is 11.4 Å². The molecule has 202 valence electrons. The number of unbranched alkanes of at least 4 members (excludes halogenated alkanes) is 8. The van der Waals surface area contributed by atoms with Crippen molar-refractivity contribution in [1.82, 2.24) is 0 Å². The van der Waals surface area contributed by atoms with E-state index in [2.05, 4.69) is 17.6 Å². The first kappa shape index (κ1) is 29.9. The van der Waals surface area contributed by atoms with Crippen LogP contribution in [0.25, 0.3) is 0 Å². The number of para-hydroxylation sites is 1. The van der Waals surface area contributed by atoms with E-state index in [1.165, 1.54) is 52.1 Å². The number of hydrogen-bond donors (Lipinski definition) is 2. The van der Waals surface area contributed by atoms with Gasteiger partial charge in [0.1, 0.15) is 11.7 Å². The fourth-order valence-corrected chi connectivity index (χ4v) is 4.20. The summed E-state index contributed by atoms with van der Waals surface area (Å²) >= 11 is 0. The van der Waals surface area contributed by atoms with E-state index in [0.29, 0.717) is 23.5 Å². The van der Waals surface area contributed by atoms with Gasteiger partial charge >= 0.3 is 5.97 Å². The van der Waals surface area contributed by atoms with Crippen molar-refractivity contribution in [3.8, 4) is 5.75 Å². The van der Waals surface area contributed by atoms with Crippen molar-refractivity contribution >= 4 is 29.2 Å². The summed E-state index contributed by atoms with van der Waals surface area (Å²) in [5.74, 6) is -1.53. The molecular weight excluding hydrogens is 468 g/mol. The molecule has 0 fully saturated rings. The number of rotatable bonds is 17. The molecule has 0 saturated heterocycles. The Morgan fingerprint density at radius 1 is 0.757 bits per heavy atom. The Bertz CT molecular complexity index is 974. The molecule has 1 atom stereocenters. The lowest BCUT2D eigenvalue weighted by Crippen LogP contribution is -2.32. The standard InChI is InChI=1S/C30H42N2O5/c1-4-5-6-7-8-9-10-11-12-17-28(33)31-24-18-20-25(21-19-24)32-29(34)26(30(35)37-3)22-23-15-13-14-16-27(23)36-2/h13-16,18-21,26H,4-12,17,22H2,1-3H3,(H,31,33)(H,32,34). The zero-order chi connectivity index (χ0) is 26.9. The van der Waals surface area contributed by atoms with Crippen LogP contribution in [0.15, 0.2) is 48.5 Å². The van der Waals surface area contributed by atoms with Gasteiger partial charge in [0.2, 0.25) is 11.8 Å². The Kier molecular flexibility index (Phi) is 13.9. The fraction of sp³-hybridized carbons (Fsp3) is 0.500. The van der Waals surface area contributed by atoms with Crippen LogP contribution in [0.3, 0.4) is 0 Å². The summed E-state index contributed by atoms with van der Waals surface area (Å²) < 4.78 is 10.2. The lowest BCUT2D eigenvalue weighted by atomic mass is 9.97. The third-order valence-electron chi connectivity index (χ3n) is 6.36. The molecule has 0 bridgehead atoms. The van der Waals surface area contributed by atoms with Gasteiger partial charge in [0.15, 0.2) is 0 Å². The summed E-state index contributed by atoms with van der Waals surface area (Å²) in [5.41, 5.74) is 1.92. The van der Waals surface area contributed by atoms with Gasteiger partial charge in [-0.1, -0.05) is 76.5 Å². The molecule has 0 heterocycles. The number of benzene rings is 2. The van der Waals surface area contributed by atoms with Gasteiger partial charge in [-0.3, -0.25) is 14.4 Å². The molecule has 1 unspecified atom stereocenters. The highest BCUT2D eigenvalue weighted by atomic mass is 16.5. The molecule has 7 heteroatoms. The Hall–Kier alpha value is -3.35. The monoisotopic (exact) mass is 510 g/mol. The molecule has 37 heavy (non-hydrogen) atoms. The first-order valence-corrected chi connectivity index (χ1v) is 13.4. The van der Waals surface area contributed by atoms with Crippen molar-refractivity contribution in [3.63, 3.8) is 0 Å². The van der Waals surface area contributed by atoms with E-state index >= 15 is 0 Å². The smallest absolute Gasteiger partial charge is 0.318 e. The average Bonchev–Trinajstić information content (AvgIpc) is 2.91. The minimum absolute atomic E-state index is 0.0118. The van der Waals surface area contributed by atoms with E-state index in [9.17, 15) is 14.4 Å². The summed E-state index contributed by atoms with van der Waals surface area (Å²) in [6.07, 6.45) is 11.6. The predicted octanol–water partition coefficient (Wildman–Crippen LogP) is 6.53. The molecule has 2 amide bonds. The molecule has 0 saturated carbocycles. The molecule has 0 aliphatic rings. The Balaban J connectivity index is 1.80. The number of anilines is 2. The summed E-state index contributed by atoms with van der Waals surface area (Å²) in [7, 11) is 2.81. The molecule has 0 aliphatic carbocycles. The zero-order valence-electron chi connectivity index (χ0n) is 22.5. The minimum atomic E-state index is -1.03. The first-order valence-electron chi connectivity index (χ1n) is 13.4. The number of hydrogen-bond acceptors (Lipinski definition) is 5. The number of methoxy groups -OCH3 is 2. The highest BCUT2D eigenvalue weighted by Gasteiger charge is 2.29. The van der Waals surface area contributed by atoms with Crippen LogP contribution in [-0.2, 0) is 25.5 Å². The number of nitrogens with one attached hydrogen (secondary N) is 2. The van der Waals surface area contributed by atoms with E-state index in [0.717, 1.165) is 18.4 Å². The van der Waals surface area contributed by atoms with E-state index in [1.54, 1.807) is 37.4 Å². The highest BCUT2D eigenvalue weighted by molar-refractivity contribution is 6.05. The van der Waals surface area contributed by atoms with Crippen LogP contribution in [0.1, 0.15) is 76.7 Å². The van der Waals surface area contributed by atoms with Gasteiger partial charge in [-0.15, -0.1) is 0 Å². The lowest BCUT2D eigenvalue weighted by Gasteiger charge is -2.16. The van der Waals surface area contributed by atoms with Gasteiger partial charge in [-0.2, -0.15) is 0 Å². The van der Waals surface area contributed by atoms with Crippen molar-refractivity contribution in [2.75, 3.05) is 24.9 Å². The third-order valence-corrected chi connectivity index (χ3v) is 6.36. The maximum Gasteiger partial charge on any atom is 0.318 e. The van der Waals surface area contributed by atoms with Crippen LogP contribution < -0.4 is 15.4 Å². The second-order valence-corrected chi connectivity index (χ2v) is 9.28. The van der Waals surface area contributed by atoms with Crippen LogP contribution >= 0.6 is 0 Å². The van der Waals surface area contributed by atoms with Crippen LogP contribution in [0.2, 0.25) is 0 Å². The SMILES string of the molecule is CCCCCCCCCCCC(=O)Nc1ccc(NC(=O)C(Cc2ccccc2OC)C(=O)OC)cc1. The Labute approximate surface area is 221 Å². The van der Waals surface area contributed by atoms with Crippen molar-refractivity contribution in [3.05, 3.63) is 54.1 Å². The Morgan fingerprint density at radius 3 is 1.92 bits per heavy atom. The van der Waals surface area contributed by atoms with Crippen LogP contribution in [0, 0.1) is 5.92 Å². The fourth-order valence-electron chi connectivity index (χ4n) is 4.20. The molecular formula is C30H42N2O5. The van der Waals surface area contributed by atoms with Crippen molar-refractivity contribution in [2.24, 2.45) is 5.92 Å². The molecule has 0 spiro atoms. The van der Waals surface area contributed by atoms with Gasteiger partial charge < -0.3 is 20.1 Å². The summed E-state index contributed by atoms with van der Waals surface area (Å²) in [6, 6.07) is 14.1. The second-order valence-electron chi connectivity index (χ2n) is 9.28. The molecule has 0 aromatic heterocycles. The second kappa shape index (κ2) is 17.2. The van der Waals surface area contributed by atoms with Crippen LogP contribution in [0.5, 0.6) is 5.75 Å². The molecule has 2 N–H and O–H groups in total. The van der Waals surface area contributed by atoms with Gasteiger partial charge in [-0.25, -0.2) is 0 Å². The number of carbonyl (C=O) groups is 3. The summed E-state index contributed by atoms with van der Waals surface area (Å²) in [5, 5.41) is 5.68. The summed E-state index contributed by atoms with van der Waals surface area (Å²) in [4.78, 5) is 37.5. The van der Waals surface area contributed by atoms with E-state index < -0.39 is 17.8 Å². The molecule has 2 aromatic carbocycles. The van der Waals surface area contributed by atoms with Gasteiger partial charge in [0.25, 0.3) is 0 Å². The van der Waals surface area contributed by atoms with Gasteiger partial charge in [-0.05, 0) is 48.7 Å². The first-order chi connectivity index (χ1) is 18.0. The van der Waals surface area contributed by atoms with Gasteiger partial charge in [0.05, 0.1) is 14.2 Å². The largest absolute Gasteiger partial charge is 0.496 e. The van der Waals surface area contributed by atoms with Gasteiger partial charge in [0, 0.05) is 17.8 Å². The number of ether oxygens (including phenoxy) is 2.